The topological polar surface area (TPSA) is 66.4 Å². The average molecular weight is 540 g/mol. The van der Waals surface area contributed by atoms with Crippen molar-refractivity contribution in [2.24, 2.45) is 5.92 Å². The summed E-state index contributed by atoms with van der Waals surface area (Å²) in [4.78, 5) is 23.2. The molecule has 0 amide bonds. The van der Waals surface area contributed by atoms with Gasteiger partial charge < -0.3 is 19.1 Å². The molecule has 5 nitrogen and oxygen atoms in total. The first-order chi connectivity index (χ1) is 18.1. The molecular formula is C33H65NO4. The lowest BCUT2D eigenvalue weighted by molar-refractivity contribution is -0.873. The quantitative estimate of drug-likeness (QED) is 0.0574. The van der Waals surface area contributed by atoms with Crippen LogP contribution in [0.1, 0.15) is 162 Å². The lowest BCUT2D eigenvalue weighted by Crippen LogP contribution is -2.45. The number of carboxylic acids is 1. The minimum atomic E-state index is -1.17. The van der Waals surface area contributed by atoms with Crippen LogP contribution in [0.4, 0.5) is 0 Å². The molecule has 0 bridgehead atoms. The number of carboxylic acid groups (broad SMARTS) is 1. The van der Waals surface area contributed by atoms with Crippen molar-refractivity contribution in [2.45, 2.75) is 168 Å². The first kappa shape index (κ1) is 36.9. The van der Waals surface area contributed by atoms with Crippen LogP contribution in [0.2, 0.25) is 0 Å². The van der Waals surface area contributed by atoms with E-state index in [4.69, 9.17) is 4.74 Å². The van der Waals surface area contributed by atoms with E-state index in [1.807, 2.05) is 21.1 Å². The zero-order chi connectivity index (χ0) is 28.5. The van der Waals surface area contributed by atoms with Crippen molar-refractivity contribution >= 4 is 11.9 Å². The SMILES string of the molecule is CCCCCCCCCCCCCCCCCCCCCC(C)CCC(=O)OC(CC(=O)[O-])C[N+](C)(C)C. The molecule has 5 heteroatoms. The summed E-state index contributed by atoms with van der Waals surface area (Å²) in [5, 5.41) is 11.0. The molecule has 0 fully saturated rings. The van der Waals surface area contributed by atoms with E-state index in [1.165, 1.54) is 122 Å². The van der Waals surface area contributed by atoms with Gasteiger partial charge in [-0.2, -0.15) is 0 Å². The van der Waals surface area contributed by atoms with E-state index in [1.54, 1.807) is 0 Å². The van der Waals surface area contributed by atoms with Gasteiger partial charge in [0.05, 0.1) is 21.1 Å². The fourth-order valence-corrected chi connectivity index (χ4v) is 5.26. The van der Waals surface area contributed by atoms with Gasteiger partial charge in [0.25, 0.3) is 0 Å². The van der Waals surface area contributed by atoms with Crippen LogP contribution in [0.15, 0.2) is 0 Å². The third kappa shape index (κ3) is 27.9. The number of likely N-dealkylation sites (N-methyl/N-ethyl adjacent to an activating group) is 1. The van der Waals surface area contributed by atoms with Gasteiger partial charge in [-0.25, -0.2) is 0 Å². The predicted molar refractivity (Wildman–Crippen MR) is 159 cm³/mol. The summed E-state index contributed by atoms with van der Waals surface area (Å²) in [5.74, 6) is -0.968. The van der Waals surface area contributed by atoms with Crippen LogP contribution < -0.4 is 5.11 Å². The number of carbonyl (C=O) groups is 2. The van der Waals surface area contributed by atoms with Gasteiger partial charge in [0.15, 0.2) is 6.10 Å². The van der Waals surface area contributed by atoms with Gasteiger partial charge in [0.2, 0.25) is 0 Å². The number of rotatable bonds is 28. The van der Waals surface area contributed by atoms with Crippen LogP contribution in [0, 0.1) is 5.92 Å². The molecule has 0 spiro atoms. The molecule has 0 heterocycles. The predicted octanol–water partition coefficient (Wildman–Crippen LogP) is 7.98. The molecular weight excluding hydrogens is 474 g/mol. The van der Waals surface area contributed by atoms with Crippen LogP contribution in [0.5, 0.6) is 0 Å². The largest absolute Gasteiger partial charge is 0.550 e. The molecule has 0 aromatic carbocycles. The molecule has 0 saturated carbocycles. The summed E-state index contributed by atoms with van der Waals surface area (Å²) in [7, 11) is 5.87. The van der Waals surface area contributed by atoms with Gasteiger partial charge in [-0.05, 0) is 12.3 Å². The molecule has 0 aromatic heterocycles. The third-order valence-corrected chi connectivity index (χ3v) is 7.59. The lowest BCUT2D eigenvalue weighted by Gasteiger charge is -2.29. The number of unbranched alkanes of at least 4 members (excludes halogenated alkanes) is 18. The fourth-order valence-electron chi connectivity index (χ4n) is 5.26. The van der Waals surface area contributed by atoms with Crippen molar-refractivity contribution < 1.29 is 23.9 Å². The standard InChI is InChI=1S/C33H65NO4/c1-6-7-8-9-10-11-12-13-14-15-16-17-18-19-20-21-22-23-24-25-30(2)26-27-33(37)38-31(28-32(35)36)29-34(3,4)5/h30-31H,6-29H2,1-5H3. The molecule has 2 unspecified atom stereocenters. The summed E-state index contributed by atoms with van der Waals surface area (Å²) in [6.45, 7) is 4.95. The minimum Gasteiger partial charge on any atom is -0.550 e. The van der Waals surface area contributed by atoms with E-state index < -0.39 is 12.1 Å². The van der Waals surface area contributed by atoms with Gasteiger partial charge in [-0.1, -0.05) is 142 Å². The smallest absolute Gasteiger partial charge is 0.306 e. The molecule has 38 heavy (non-hydrogen) atoms. The van der Waals surface area contributed by atoms with E-state index in [-0.39, 0.29) is 12.4 Å². The van der Waals surface area contributed by atoms with E-state index >= 15 is 0 Å². The van der Waals surface area contributed by atoms with Crippen molar-refractivity contribution in [1.82, 2.24) is 0 Å². The second-order valence-corrected chi connectivity index (χ2v) is 13.0. The maximum absolute atomic E-state index is 12.2. The van der Waals surface area contributed by atoms with Gasteiger partial charge in [-0.15, -0.1) is 0 Å². The second-order valence-electron chi connectivity index (χ2n) is 13.0. The number of ether oxygens (including phenoxy) is 1. The van der Waals surface area contributed by atoms with Gasteiger partial charge in [0.1, 0.15) is 6.54 Å². The Morgan fingerprint density at radius 2 is 1.05 bits per heavy atom. The van der Waals surface area contributed by atoms with Crippen LogP contribution in [-0.4, -0.2) is 50.2 Å². The van der Waals surface area contributed by atoms with Crippen LogP contribution in [0.25, 0.3) is 0 Å². The Hall–Kier alpha value is -1.10. The summed E-state index contributed by atoms with van der Waals surface area (Å²) < 4.78 is 6.00. The molecule has 0 aromatic rings. The Kier molecular flexibility index (Phi) is 24.2. The normalized spacial score (nSPS) is 13.4. The summed E-state index contributed by atoms with van der Waals surface area (Å²) >= 11 is 0. The molecule has 226 valence electrons. The van der Waals surface area contributed by atoms with Gasteiger partial charge >= 0.3 is 5.97 Å². The zero-order valence-electron chi connectivity index (χ0n) is 26.2. The Bertz CT molecular complexity index is 558. The van der Waals surface area contributed by atoms with Crippen LogP contribution in [-0.2, 0) is 14.3 Å². The van der Waals surface area contributed by atoms with Crippen molar-refractivity contribution in [3.63, 3.8) is 0 Å². The van der Waals surface area contributed by atoms with Crippen LogP contribution in [0.3, 0.4) is 0 Å². The molecule has 0 aliphatic rings. The molecule has 0 aliphatic heterocycles. The van der Waals surface area contributed by atoms with Crippen LogP contribution >= 0.6 is 0 Å². The first-order valence-electron chi connectivity index (χ1n) is 16.3. The van der Waals surface area contributed by atoms with Gasteiger partial charge in [0, 0.05) is 18.8 Å². The first-order valence-corrected chi connectivity index (χ1v) is 16.3. The Balaban J connectivity index is 3.52. The highest BCUT2D eigenvalue weighted by Crippen LogP contribution is 2.18. The second kappa shape index (κ2) is 24.9. The molecule has 0 aliphatic carbocycles. The number of carbonyl (C=O) groups excluding carboxylic acids is 2. The molecule has 0 rings (SSSR count). The number of nitrogens with zero attached hydrogens (tertiary/aromatic N) is 1. The van der Waals surface area contributed by atoms with Crippen molar-refractivity contribution in [1.29, 1.82) is 0 Å². The van der Waals surface area contributed by atoms with Crippen molar-refractivity contribution in [3.8, 4) is 0 Å². The molecule has 2 atom stereocenters. The van der Waals surface area contributed by atoms with E-state index in [0.717, 1.165) is 12.8 Å². The summed E-state index contributed by atoms with van der Waals surface area (Å²) in [5.41, 5.74) is 0. The third-order valence-electron chi connectivity index (χ3n) is 7.59. The van der Waals surface area contributed by atoms with E-state index in [0.29, 0.717) is 23.4 Å². The molecule has 0 saturated heterocycles. The monoisotopic (exact) mass is 539 g/mol. The number of hydrogen-bond donors (Lipinski definition) is 0. The fraction of sp³-hybridized carbons (Fsp3) is 0.939. The van der Waals surface area contributed by atoms with E-state index in [2.05, 4.69) is 13.8 Å². The Morgan fingerprint density at radius 1 is 0.658 bits per heavy atom. The molecule has 0 N–H and O–H groups in total. The maximum Gasteiger partial charge on any atom is 0.306 e. The maximum atomic E-state index is 12.2. The van der Waals surface area contributed by atoms with E-state index in [9.17, 15) is 14.7 Å². The van der Waals surface area contributed by atoms with Crippen molar-refractivity contribution in [2.75, 3.05) is 27.7 Å². The number of esters is 1. The number of hydrogen-bond acceptors (Lipinski definition) is 4. The zero-order valence-corrected chi connectivity index (χ0v) is 26.2. The number of quaternary nitrogens is 1. The highest BCUT2D eigenvalue weighted by molar-refractivity contribution is 5.70. The highest BCUT2D eigenvalue weighted by atomic mass is 16.5. The highest BCUT2D eigenvalue weighted by Gasteiger charge is 2.22. The Morgan fingerprint density at radius 3 is 1.42 bits per heavy atom. The summed E-state index contributed by atoms with van der Waals surface area (Å²) in [6, 6.07) is 0. The lowest BCUT2D eigenvalue weighted by atomic mass is 9.97. The number of aliphatic carboxylic acids is 1. The van der Waals surface area contributed by atoms with Crippen molar-refractivity contribution in [3.05, 3.63) is 0 Å². The summed E-state index contributed by atoms with van der Waals surface area (Å²) in [6.07, 6.45) is 27.9. The minimum absolute atomic E-state index is 0.240. The average Bonchev–Trinajstić information content (AvgIpc) is 2.82. The Labute approximate surface area is 237 Å². The van der Waals surface area contributed by atoms with Gasteiger partial charge in [-0.3, -0.25) is 4.79 Å². The molecule has 0 radical (unpaired) electrons.